The molecule has 0 heterocycles. The zero-order valence-corrected chi connectivity index (χ0v) is 13.1. The molecule has 0 fully saturated rings. The van der Waals surface area contributed by atoms with Crippen LogP contribution in [0.15, 0.2) is 18.2 Å². The van der Waals surface area contributed by atoms with Gasteiger partial charge in [-0.3, -0.25) is 4.79 Å². The standard InChI is InChI=1S/C13H17IN2O3/c1-3-19-13(18)16-7-6-15-12(17)10-8-9(2)4-5-11(10)14/h4-5,8H,3,6-7H2,1-2H3,(H,15,17)(H,16,18). The number of ether oxygens (including phenoxy) is 1. The van der Waals surface area contributed by atoms with Gasteiger partial charge in [0.1, 0.15) is 0 Å². The van der Waals surface area contributed by atoms with Crippen LogP contribution >= 0.6 is 22.6 Å². The van der Waals surface area contributed by atoms with E-state index in [9.17, 15) is 9.59 Å². The van der Waals surface area contributed by atoms with Gasteiger partial charge < -0.3 is 15.4 Å². The number of aryl methyl sites for hydroxylation is 1. The maximum absolute atomic E-state index is 11.9. The van der Waals surface area contributed by atoms with E-state index in [1.807, 2.05) is 25.1 Å². The third-order valence-corrected chi connectivity index (χ3v) is 3.26. The molecule has 2 amide bonds. The van der Waals surface area contributed by atoms with Crippen LogP contribution in [-0.4, -0.2) is 31.7 Å². The van der Waals surface area contributed by atoms with Gasteiger partial charge in [0.2, 0.25) is 0 Å². The van der Waals surface area contributed by atoms with Gasteiger partial charge in [-0.2, -0.15) is 0 Å². The zero-order valence-electron chi connectivity index (χ0n) is 11.0. The Kier molecular flexibility index (Phi) is 6.61. The fraction of sp³-hybridized carbons (Fsp3) is 0.385. The van der Waals surface area contributed by atoms with E-state index in [0.29, 0.717) is 25.3 Å². The van der Waals surface area contributed by atoms with Gasteiger partial charge in [0, 0.05) is 16.7 Å². The summed E-state index contributed by atoms with van der Waals surface area (Å²) < 4.78 is 5.61. The molecule has 0 saturated carbocycles. The number of hydrogen-bond donors (Lipinski definition) is 2. The highest BCUT2D eigenvalue weighted by molar-refractivity contribution is 14.1. The van der Waals surface area contributed by atoms with Crippen LogP contribution in [0.2, 0.25) is 0 Å². The average Bonchev–Trinajstić information content (AvgIpc) is 2.37. The lowest BCUT2D eigenvalue weighted by molar-refractivity contribution is 0.0951. The van der Waals surface area contributed by atoms with E-state index in [-0.39, 0.29) is 5.91 Å². The van der Waals surface area contributed by atoms with Gasteiger partial charge >= 0.3 is 6.09 Å². The summed E-state index contributed by atoms with van der Waals surface area (Å²) in [6, 6.07) is 5.71. The predicted molar refractivity (Wildman–Crippen MR) is 81.3 cm³/mol. The van der Waals surface area contributed by atoms with Crippen molar-refractivity contribution in [3.05, 3.63) is 32.9 Å². The summed E-state index contributed by atoms with van der Waals surface area (Å²) in [5.41, 5.74) is 1.69. The van der Waals surface area contributed by atoms with Crippen LogP contribution in [-0.2, 0) is 4.74 Å². The predicted octanol–water partition coefficient (Wildman–Crippen LogP) is 2.08. The van der Waals surface area contributed by atoms with Crippen molar-refractivity contribution >= 4 is 34.6 Å². The highest BCUT2D eigenvalue weighted by Crippen LogP contribution is 2.13. The number of hydrogen-bond acceptors (Lipinski definition) is 3. The maximum Gasteiger partial charge on any atom is 0.407 e. The first-order valence-electron chi connectivity index (χ1n) is 5.99. The largest absolute Gasteiger partial charge is 0.450 e. The number of amides is 2. The molecule has 1 aromatic carbocycles. The van der Waals surface area contributed by atoms with Gasteiger partial charge in [0.15, 0.2) is 0 Å². The lowest BCUT2D eigenvalue weighted by Crippen LogP contribution is -2.35. The number of halogens is 1. The first-order chi connectivity index (χ1) is 9.04. The quantitative estimate of drug-likeness (QED) is 0.611. The number of benzene rings is 1. The first kappa shape index (κ1) is 15.7. The first-order valence-corrected chi connectivity index (χ1v) is 7.07. The van der Waals surface area contributed by atoms with Crippen LogP contribution in [0, 0.1) is 10.5 Å². The molecule has 2 N–H and O–H groups in total. The van der Waals surface area contributed by atoms with Gasteiger partial charge in [-0.15, -0.1) is 0 Å². The highest BCUT2D eigenvalue weighted by atomic mass is 127. The molecule has 104 valence electrons. The Bertz CT molecular complexity index is 463. The Morgan fingerprint density at radius 1 is 1.26 bits per heavy atom. The van der Waals surface area contributed by atoms with Crippen LogP contribution in [0.3, 0.4) is 0 Å². The van der Waals surface area contributed by atoms with Crippen molar-refractivity contribution in [3.8, 4) is 0 Å². The number of carbonyl (C=O) groups is 2. The summed E-state index contributed by atoms with van der Waals surface area (Å²) in [6.07, 6.45) is -0.470. The lowest BCUT2D eigenvalue weighted by Gasteiger charge is -2.08. The van der Waals surface area contributed by atoms with E-state index >= 15 is 0 Å². The molecule has 0 aliphatic heterocycles. The molecule has 0 radical (unpaired) electrons. The van der Waals surface area contributed by atoms with Gasteiger partial charge in [0.25, 0.3) is 5.91 Å². The van der Waals surface area contributed by atoms with Crippen LogP contribution in [0.25, 0.3) is 0 Å². The summed E-state index contributed by atoms with van der Waals surface area (Å²) in [6.45, 7) is 4.71. The van der Waals surface area contributed by atoms with Gasteiger partial charge in [-0.1, -0.05) is 11.6 Å². The maximum atomic E-state index is 11.9. The molecule has 0 unspecified atom stereocenters. The van der Waals surface area contributed by atoms with Crippen LogP contribution in [0.5, 0.6) is 0 Å². The molecule has 19 heavy (non-hydrogen) atoms. The van der Waals surface area contributed by atoms with Crippen LogP contribution < -0.4 is 10.6 Å². The molecule has 5 nitrogen and oxygen atoms in total. The van der Waals surface area contributed by atoms with Gasteiger partial charge in [0.05, 0.1) is 12.2 Å². The van der Waals surface area contributed by atoms with Crippen molar-refractivity contribution < 1.29 is 14.3 Å². The fourth-order valence-corrected chi connectivity index (χ4v) is 2.01. The third-order valence-electron chi connectivity index (χ3n) is 2.32. The average molecular weight is 376 g/mol. The molecule has 0 aliphatic rings. The molecular weight excluding hydrogens is 359 g/mol. The second-order valence-electron chi connectivity index (χ2n) is 3.89. The topological polar surface area (TPSA) is 67.4 Å². The van der Waals surface area contributed by atoms with Crippen molar-refractivity contribution in [2.75, 3.05) is 19.7 Å². The summed E-state index contributed by atoms with van der Waals surface area (Å²) in [5, 5.41) is 5.29. The van der Waals surface area contributed by atoms with Crippen LogP contribution in [0.4, 0.5) is 4.79 Å². The summed E-state index contributed by atoms with van der Waals surface area (Å²) >= 11 is 2.12. The minimum atomic E-state index is -0.470. The number of alkyl carbamates (subject to hydrolysis) is 1. The van der Waals surface area contributed by atoms with Gasteiger partial charge in [-0.05, 0) is 48.6 Å². The Hall–Kier alpha value is -1.31. The van der Waals surface area contributed by atoms with E-state index in [1.54, 1.807) is 6.92 Å². The highest BCUT2D eigenvalue weighted by Gasteiger charge is 2.09. The molecule has 0 atom stereocenters. The molecule has 0 spiro atoms. The molecule has 0 bridgehead atoms. The Balaban J connectivity index is 2.39. The molecule has 1 aromatic rings. The van der Waals surface area contributed by atoms with E-state index < -0.39 is 6.09 Å². The Morgan fingerprint density at radius 2 is 1.95 bits per heavy atom. The minimum absolute atomic E-state index is 0.140. The van der Waals surface area contributed by atoms with E-state index in [2.05, 4.69) is 33.2 Å². The minimum Gasteiger partial charge on any atom is -0.450 e. The molecule has 0 saturated heterocycles. The second-order valence-corrected chi connectivity index (χ2v) is 5.05. The SMILES string of the molecule is CCOC(=O)NCCNC(=O)c1cc(C)ccc1I. The van der Waals surface area contributed by atoms with Gasteiger partial charge in [-0.25, -0.2) is 4.79 Å². The second kappa shape index (κ2) is 7.98. The number of rotatable bonds is 5. The third kappa shape index (κ3) is 5.46. The summed E-state index contributed by atoms with van der Waals surface area (Å²) in [5.74, 6) is -0.140. The number of nitrogens with one attached hydrogen (secondary N) is 2. The Morgan fingerprint density at radius 3 is 2.63 bits per heavy atom. The zero-order chi connectivity index (χ0) is 14.3. The van der Waals surface area contributed by atoms with Crippen molar-refractivity contribution in [2.45, 2.75) is 13.8 Å². The van der Waals surface area contributed by atoms with E-state index in [0.717, 1.165) is 9.13 Å². The molecule has 1 rings (SSSR count). The molecular formula is C13H17IN2O3. The van der Waals surface area contributed by atoms with Crippen LogP contribution in [0.1, 0.15) is 22.8 Å². The molecule has 0 aromatic heterocycles. The van der Waals surface area contributed by atoms with Crippen molar-refractivity contribution in [3.63, 3.8) is 0 Å². The van der Waals surface area contributed by atoms with E-state index in [1.165, 1.54) is 0 Å². The van der Waals surface area contributed by atoms with Crippen molar-refractivity contribution in [1.82, 2.24) is 10.6 Å². The monoisotopic (exact) mass is 376 g/mol. The number of carbonyl (C=O) groups excluding carboxylic acids is 2. The summed E-state index contributed by atoms with van der Waals surface area (Å²) in [4.78, 5) is 22.9. The smallest absolute Gasteiger partial charge is 0.407 e. The molecule has 0 aliphatic carbocycles. The normalized spacial score (nSPS) is 9.84. The fourth-order valence-electron chi connectivity index (χ4n) is 1.43. The summed E-state index contributed by atoms with van der Waals surface area (Å²) in [7, 11) is 0. The van der Waals surface area contributed by atoms with Crippen molar-refractivity contribution in [1.29, 1.82) is 0 Å². The van der Waals surface area contributed by atoms with Crippen molar-refractivity contribution in [2.24, 2.45) is 0 Å². The molecule has 6 heteroatoms. The lowest BCUT2D eigenvalue weighted by atomic mass is 10.1. The van der Waals surface area contributed by atoms with E-state index in [4.69, 9.17) is 4.74 Å². The Labute approximate surface area is 126 Å².